The third kappa shape index (κ3) is 3.23. The summed E-state index contributed by atoms with van der Waals surface area (Å²) in [6.07, 6.45) is 1.18. The summed E-state index contributed by atoms with van der Waals surface area (Å²) >= 11 is 2.75. The van der Waals surface area contributed by atoms with Gasteiger partial charge in [-0.3, -0.25) is 4.79 Å². The summed E-state index contributed by atoms with van der Waals surface area (Å²) < 4.78 is 26.8. The van der Waals surface area contributed by atoms with Crippen LogP contribution in [-0.4, -0.2) is 42.7 Å². The number of hydrogen-bond acceptors (Lipinski definition) is 6. The van der Waals surface area contributed by atoms with E-state index in [4.69, 9.17) is 0 Å². The number of thiophene rings is 1. The number of carbonyl (C=O) groups is 1. The highest BCUT2D eigenvalue weighted by molar-refractivity contribution is 7.91. The van der Waals surface area contributed by atoms with Crippen molar-refractivity contribution < 1.29 is 13.2 Å². The minimum Gasteiger partial charge on any atom is -0.347 e. The molecule has 0 spiro atoms. The Morgan fingerprint density at radius 2 is 2.22 bits per heavy atom. The van der Waals surface area contributed by atoms with E-state index in [9.17, 15) is 13.2 Å². The molecule has 1 N–H and O–H groups in total. The molecule has 0 unspecified atom stereocenters. The molecule has 1 aliphatic heterocycles. The highest BCUT2D eigenvalue weighted by atomic mass is 32.2. The maximum Gasteiger partial charge on any atom is 0.252 e. The zero-order chi connectivity index (χ0) is 16.6. The van der Waals surface area contributed by atoms with E-state index in [-0.39, 0.29) is 25.0 Å². The monoisotopic (exact) mass is 369 g/mol. The molecule has 1 amide bonds. The van der Waals surface area contributed by atoms with Gasteiger partial charge in [0.1, 0.15) is 4.21 Å². The second-order valence-corrected chi connectivity index (χ2v) is 9.41. The molecule has 1 saturated heterocycles. The Kier molecular flexibility index (Phi) is 4.37. The Bertz CT molecular complexity index is 847. The van der Waals surface area contributed by atoms with Gasteiger partial charge in [0, 0.05) is 18.5 Å². The van der Waals surface area contributed by atoms with Gasteiger partial charge < -0.3 is 5.32 Å². The summed E-state index contributed by atoms with van der Waals surface area (Å²) in [7, 11) is -3.51. The fraction of sp³-hybridized carbons (Fsp3) is 0.286. The smallest absolute Gasteiger partial charge is 0.252 e. The number of aryl methyl sites for hydroxylation is 1. The molecule has 2 aromatic rings. The molecule has 9 heteroatoms. The minimum absolute atomic E-state index is 0.157. The van der Waals surface area contributed by atoms with E-state index in [0.29, 0.717) is 4.21 Å². The molecule has 0 aromatic carbocycles. The van der Waals surface area contributed by atoms with Crippen molar-refractivity contribution in [1.29, 1.82) is 0 Å². The largest absolute Gasteiger partial charge is 0.347 e. The van der Waals surface area contributed by atoms with Gasteiger partial charge in [-0.2, -0.15) is 4.31 Å². The fourth-order valence-electron chi connectivity index (χ4n) is 2.19. The van der Waals surface area contributed by atoms with Crippen molar-refractivity contribution in [2.75, 3.05) is 13.1 Å². The van der Waals surface area contributed by atoms with E-state index in [1.165, 1.54) is 33.1 Å². The number of nitrogens with zero attached hydrogens (tertiary/aromatic N) is 2. The van der Waals surface area contributed by atoms with Crippen molar-refractivity contribution in [2.45, 2.75) is 17.2 Å². The zero-order valence-corrected chi connectivity index (χ0v) is 14.8. The van der Waals surface area contributed by atoms with Crippen molar-refractivity contribution in [3.05, 3.63) is 35.2 Å². The molecule has 0 bridgehead atoms. The van der Waals surface area contributed by atoms with Gasteiger partial charge in [-0.1, -0.05) is 6.58 Å². The highest BCUT2D eigenvalue weighted by Crippen LogP contribution is 2.33. The van der Waals surface area contributed by atoms with E-state index >= 15 is 0 Å². The number of aromatic nitrogens is 1. The van der Waals surface area contributed by atoms with Gasteiger partial charge in [0.25, 0.3) is 10.0 Å². The van der Waals surface area contributed by atoms with Crippen LogP contribution >= 0.6 is 22.7 Å². The molecule has 0 atom stereocenters. The van der Waals surface area contributed by atoms with Crippen LogP contribution in [-0.2, 0) is 14.8 Å². The van der Waals surface area contributed by atoms with Crippen LogP contribution in [0, 0.1) is 6.92 Å². The third-order valence-electron chi connectivity index (χ3n) is 3.43. The molecule has 122 valence electrons. The van der Waals surface area contributed by atoms with Crippen LogP contribution in [0.15, 0.2) is 34.4 Å². The molecule has 0 saturated carbocycles. The molecule has 3 rings (SSSR count). The van der Waals surface area contributed by atoms with Crippen LogP contribution in [0.5, 0.6) is 0 Å². The Labute approximate surface area is 142 Å². The maximum absolute atomic E-state index is 12.6. The first-order valence-electron chi connectivity index (χ1n) is 6.85. The van der Waals surface area contributed by atoms with Gasteiger partial charge in [-0.25, -0.2) is 13.4 Å². The van der Waals surface area contributed by atoms with Crippen LogP contribution in [0.4, 0.5) is 0 Å². The van der Waals surface area contributed by atoms with E-state index < -0.39 is 10.0 Å². The van der Waals surface area contributed by atoms with Crippen LogP contribution in [0.25, 0.3) is 10.6 Å². The lowest BCUT2D eigenvalue weighted by Crippen LogP contribution is -2.60. The molecule has 0 aliphatic carbocycles. The Morgan fingerprint density at radius 1 is 1.48 bits per heavy atom. The number of rotatable bonds is 5. The quantitative estimate of drug-likeness (QED) is 0.816. The Balaban J connectivity index is 1.71. The number of sulfonamides is 1. The normalized spacial score (nSPS) is 16.0. The lowest BCUT2D eigenvalue weighted by atomic mass is 10.2. The van der Waals surface area contributed by atoms with Gasteiger partial charge in [-0.05, 0) is 25.1 Å². The first-order valence-corrected chi connectivity index (χ1v) is 9.99. The second kappa shape index (κ2) is 6.16. The summed E-state index contributed by atoms with van der Waals surface area (Å²) in [5.41, 5.74) is 0.804. The second-order valence-electron chi connectivity index (χ2n) is 5.10. The molecular weight excluding hydrogens is 354 g/mol. The van der Waals surface area contributed by atoms with Gasteiger partial charge in [0.05, 0.1) is 21.6 Å². The summed E-state index contributed by atoms with van der Waals surface area (Å²) in [6.45, 7) is 5.85. The standard InChI is InChI=1S/C14H15N3O3S3/c1-3-13(18)16-10-6-17(7-10)23(19,20)14-5-4-12(22-14)11-8-21-9(2)15-11/h3-5,8,10H,1,6-7H2,2H3,(H,16,18). The van der Waals surface area contributed by atoms with E-state index in [2.05, 4.69) is 16.9 Å². The van der Waals surface area contributed by atoms with Crippen molar-refractivity contribution in [1.82, 2.24) is 14.6 Å². The molecular formula is C14H15N3O3S3. The molecule has 3 heterocycles. The molecule has 2 aromatic heterocycles. The van der Waals surface area contributed by atoms with Gasteiger partial charge in [0.2, 0.25) is 5.91 Å². The van der Waals surface area contributed by atoms with Crippen LogP contribution in [0.2, 0.25) is 0 Å². The van der Waals surface area contributed by atoms with Crippen molar-refractivity contribution in [3.8, 4) is 10.6 Å². The zero-order valence-electron chi connectivity index (χ0n) is 12.4. The molecule has 1 fully saturated rings. The molecule has 6 nitrogen and oxygen atoms in total. The van der Waals surface area contributed by atoms with Crippen molar-refractivity contribution >= 4 is 38.6 Å². The Morgan fingerprint density at radius 3 is 2.83 bits per heavy atom. The first kappa shape index (κ1) is 16.3. The van der Waals surface area contributed by atoms with Crippen LogP contribution in [0.3, 0.4) is 0 Å². The van der Waals surface area contributed by atoms with E-state index in [0.717, 1.165) is 15.6 Å². The lowest BCUT2D eigenvalue weighted by Gasteiger charge is -2.37. The van der Waals surface area contributed by atoms with Gasteiger partial charge in [0.15, 0.2) is 0 Å². The van der Waals surface area contributed by atoms with Crippen molar-refractivity contribution in [3.63, 3.8) is 0 Å². The van der Waals surface area contributed by atoms with Crippen molar-refractivity contribution in [2.24, 2.45) is 0 Å². The number of thiazole rings is 1. The Hall–Kier alpha value is -1.55. The number of hydrogen-bond donors (Lipinski definition) is 1. The minimum atomic E-state index is -3.51. The number of amides is 1. The lowest BCUT2D eigenvalue weighted by molar-refractivity contribution is -0.117. The summed E-state index contributed by atoms with van der Waals surface area (Å²) in [6, 6.07) is 3.23. The molecule has 1 aliphatic rings. The van der Waals surface area contributed by atoms with Crippen LogP contribution in [0.1, 0.15) is 5.01 Å². The van der Waals surface area contributed by atoms with Crippen LogP contribution < -0.4 is 5.32 Å². The van der Waals surface area contributed by atoms with Gasteiger partial charge >= 0.3 is 0 Å². The molecule has 0 radical (unpaired) electrons. The summed E-state index contributed by atoms with van der Waals surface area (Å²) in [5, 5.41) is 5.55. The van der Waals surface area contributed by atoms with E-state index in [1.807, 2.05) is 12.3 Å². The average molecular weight is 369 g/mol. The fourth-order valence-corrected chi connectivity index (χ4v) is 5.83. The molecule has 23 heavy (non-hydrogen) atoms. The third-order valence-corrected chi connectivity index (χ3v) is 7.61. The predicted octanol–water partition coefficient (Wildman–Crippen LogP) is 1.86. The number of carbonyl (C=O) groups excluding carboxylic acids is 1. The summed E-state index contributed by atoms with van der Waals surface area (Å²) in [5.74, 6) is -0.288. The SMILES string of the molecule is C=CC(=O)NC1CN(S(=O)(=O)c2ccc(-c3csc(C)n3)s2)C1. The van der Waals surface area contributed by atoms with E-state index in [1.54, 1.807) is 12.1 Å². The average Bonchev–Trinajstić information content (AvgIpc) is 3.10. The number of nitrogens with one attached hydrogen (secondary N) is 1. The topological polar surface area (TPSA) is 79.4 Å². The summed E-state index contributed by atoms with van der Waals surface area (Å²) in [4.78, 5) is 16.4. The predicted molar refractivity (Wildman–Crippen MR) is 91.1 cm³/mol. The maximum atomic E-state index is 12.6. The first-order chi connectivity index (χ1) is 10.9. The highest BCUT2D eigenvalue weighted by Gasteiger charge is 2.38. The van der Waals surface area contributed by atoms with Gasteiger partial charge in [-0.15, -0.1) is 22.7 Å².